The highest BCUT2D eigenvalue weighted by Gasteiger charge is 2.47. The van der Waals surface area contributed by atoms with Gasteiger partial charge in [0.15, 0.2) is 6.29 Å². The van der Waals surface area contributed by atoms with Crippen molar-refractivity contribution >= 4 is 11.6 Å². The van der Waals surface area contributed by atoms with E-state index in [-0.39, 0.29) is 0 Å². The summed E-state index contributed by atoms with van der Waals surface area (Å²) < 4.78 is 10.9. The molecule has 2 aliphatic heterocycles. The van der Waals surface area contributed by atoms with Crippen LogP contribution in [0.3, 0.4) is 0 Å². The minimum atomic E-state index is -1.39. The fourth-order valence-electron chi connectivity index (χ4n) is 2.66. The molecular formula is C13H15ClO5. The first-order chi connectivity index (χ1) is 9.08. The van der Waals surface area contributed by atoms with E-state index in [2.05, 4.69) is 0 Å². The molecule has 104 valence electrons. The summed E-state index contributed by atoms with van der Waals surface area (Å²) in [7, 11) is 0. The Kier molecular flexibility index (Phi) is 3.51. The van der Waals surface area contributed by atoms with Crippen molar-refractivity contribution in [3.8, 4) is 0 Å². The standard InChI is InChI=1S/C13H15ClO5/c14-7-1-2-8-6(5-7)3-4-18-11(8)12-9(15)10(16)13(17)19-12/h1-2,5,9-13,15-17H,3-4H2/t9-,10+,11+,12-,13+/m0/s1. The van der Waals surface area contributed by atoms with E-state index in [0.717, 1.165) is 17.5 Å². The predicted octanol–water partition coefficient (Wildman–Crippen LogP) is 0.393. The third-order valence-corrected chi connectivity index (χ3v) is 3.89. The zero-order valence-electron chi connectivity index (χ0n) is 10.1. The van der Waals surface area contributed by atoms with Crippen LogP contribution >= 0.6 is 11.6 Å². The Morgan fingerprint density at radius 2 is 1.95 bits per heavy atom. The summed E-state index contributed by atoms with van der Waals surface area (Å²) in [6.07, 6.45) is -4.44. The molecule has 3 rings (SSSR count). The largest absolute Gasteiger partial charge is 0.387 e. The van der Waals surface area contributed by atoms with E-state index >= 15 is 0 Å². The van der Waals surface area contributed by atoms with Gasteiger partial charge in [-0.1, -0.05) is 17.7 Å². The van der Waals surface area contributed by atoms with Gasteiger partial charge in [0.05, 0.1) is 6.61 Å². The Labute approximate surface area is 115 Å². The zero-order valence-corrected chi connectivity index (χ0v) is 10.8. The lowest BCUT2D eigenvalue weighted by Crippen LogP contribution is -2.37. The lowest BCUT2D eigenvalue weighted by Gasteiger charge is -2.31. The van der Waals surface area contributed by atoms with E-state index in [9.17, 15) is 15.3 Å². The summed E-state index contributed by atoms with van der Waals surface area (Å²) in [4.78, 5) is 0. The number of rotatable bonds is 1. The lowest BCUT2D eigenvalue weighted by atomic mass is 9.92. The summed E-state index contributed by atoms with van der Waals surface area (Å²) in [5.41, 5.74) is 1.91. The normalized spacial score (nSPS) is 38.2. The van der Waals surface area contributed by atoms with Crippen LogP contribution in [0.4, 0.5) is 0 Å². The second kappa shape index (κ2) is 5.01. The quantitative estimate of drug-likeness (QED) is 0.696. The van der Waals surface area contributed by atoms with Crippen molar-refractivity contribution in [2.75, 3.05) is 6.61 Å². The molecule has 1 aromatic rings. The molecule has 0 saturated carbocycles. The number of aliphatic hydroxyl groups is 3. The number of aliphatic hydroxyl groups excluding tert-OH is 3. The van der Waals surface area contributed by atoms with E-state index in [4.69, 9.17) is 21.1 Å². The molecule has 0 aromatic heterocycles. The minimum absolute atomic E-state index is 0.483. The smallest absolute Gasteiger partial charge is 0.184 e. The minimum Gasteiger partial charge on any atom is -0.387 e. The van der Waals surface area contributed by atoms with Gasteiger partial charge in [-0.25, -0.2) is 0 Å². The highest BCUT2D eigenvalue weighted by Crippen LogP contribution is 2.37. The van der Waals surface area contributed by atoms with Gasteiger partial charge in [0, 0.05) is 5.02 Å². The highest BCUT2D eigenvalue weighted by molar-refractivity contribution is 6.30. The van der Waals surface area contributed by atoms with Gasteiger partial charge < -0.3 is 24.8 Å². The number of halogens is 1. The van der Waals surface area contributed by atoms with Crippen LogP contribution in [0.25, 0.3) is 0 Å². The molecule has 1 aromatic carbocycles. The van der Waals surface area contributed by atoms with Crippen molar-refractivity contribution in [1.82, 2.24) is 0 Å². The number of benzene rings is 1. The Morgan fingerprint density at radius 3 is 2.63 bits per heavy atom. The highest BCUT2D eigenvalue weighted by atomic mass is 35.5. The SMILES string of the molecule is O[C@@H]1[C@H](O)[C@@H]([C@@H]2OCCc3cc(Cl)ccc32)O[C@H]1O. The third-order valence-electron chi connectivity index (χ3n) is 3.65. The van der Waals surface area contributed by atoms with Gasteiger partial charge in [-0.3, -0.25) is 0 Å². The first-order valence-electron chi connectivity index (χ1n) is 6.17. The molecule has 0 aliphatic carbocycles. The van der Waals surface area contributed by atoms with E-state index in [1.165, 1.54) is 0 Å². The summed E-state index contributed by atoms with van der Waals surface area (Å²) in [6.45, 7) is 0.483. The molecule has 1 saturated heterocycles. The van der Waals surface area contributed by atoms with E-state index < -0.39 is 30.7 Å². The average Bonchev–Trinajstić information content (AvgIpc) is 2.65. The lowest BCUT2D eigenvalue weighted by molar-refractivity contribution is -0.158. The van der Waals surface area contributed by atoms with E-state index in [1.807, 2.05) is 12.1 Å². The van der Waals surface area contributed by atoms with Crippen LogP contribution in [0, 0.1) is 0 Å². The van der Waals surface area contributed by atoms with Gasteiger partial charge in [0.25, 0.3) is 0 Å². The van der Waals surface area contributed by atoms with Crippen molar-refractivity contribution in [1.29, 1.82) is 0 Å². The van der Waals surface area contributed by atoms with Crippen molar-refractivity contribution in [2.45, 2.75) is 37.1 Å². The van der Waals surface area contributed by atoms with Gasteiger partial charge in [0.1, 0.15) is 24.4 Å². The first-order valence-corrected chi connectivity index (χ1v) is 6.55. The van der Waals surface area contributed by atoms with Gasteiger partial charge in [-0.2, -0.15) is 0 Å². The van der Waals surface area contributed by atoms with E-state index in [1.54, 1.807) is 6.07 Å². The maximum absolute atomic E-state index is 9.92. The zero-order chi connectivity index (χ0) is 13.6. The topological polar surface area (TPSA) is 79.2 Å². The summed E-state index contributed by atoms with van der Waals surface area (Å²) >= 11 is 5.96. The molecule has 6 heteroatoms. The van der Waals surface area contributed by atoms with Crippen molar-refractivity contribution in [2.24, 2.45) is 0 Å². The Balaban J connectivity index is 1.92. The summed E-state index contributed by atoms with van der Waals surface area (Å²) in [5.74, 6) is 0. The maximum Gasteiger partial charge on any atom is 0.184 e. The molecule has 2 heterocycles. The molecule has 1 fully saturated rings. The molecule has 0 bridgehead atoms. The molecule has 0 amide bonds. The second-order valence-corrected chi connectivity index (χ2v) is 5.29. The van der Waals surface area contributed by atoms with Crippen LogP contribution in [0.15, 0.2) is 18.2 Å². The molecule has 5 atom stereocenters. The monoisotopic (exact) mass is 286 g/mol. The number of hydrogen-bond donors (Lipinski definition) is 3. The summed E-state index contributed by atoms with van der Waals surface area (Å²) in [6, 6.07) is 5.44. The van der Waals surface area contributed by atoms with Crippen molar-refractivity contribution < 1.29 is 24.8 Å². The third kappa shape index (κ3) is 2.27. The van der Waals surface area contributed by atoms with Gasteiger partial charge in [-0.05, 0) is 29.7 Å². The molecule has 5 nitrogen and oxygen atoms in total. The number of fused-ring (bicyclic) bond motifs is 1. The van der Waals surface area contributed by atoms with Crippen LogP contribution in [0.1, 0.15) is 17.2 Å². The molecule has 0 spiro atoms. The predicted molar refractivity (Wildman–Crippen MR) is 66.7 cm³/mol. The van der Waals surface area contributed by atoms with Crippen molar-refractivity contribution in [3.05, 3.63) is 34.3 Å². The Bertz CT molecular complexity index is 480. The van der Waals surface area contributed by atoms with Gasteiger partial charge in [0.2, 0.25) is 0 Å². The molecule has 0 unspecified atom stereocenters. The number of hydrogen-bond acceptors (Lipinski definition) is 5. The summed E-state index contributed by atoms with van der Waals surface area (Å²) in [5, 5.41) is 29.6. The molecule has 3 N–H and O–H groups in total. The van der Waals surface area contributed by atoms with Crippen LogP contribution in [-0.4, -0.2) is 46.5 Å². The maximum atomic E-state index is 9.92. The van der Waals surface area contributed by atoms with E-state index in [0.29, 0.717) is 11.6 Å². The average molecular weight is 287 g/mol. The Morgan fingerprint density at radius 1 is 1.16 bits per heavy atom. The second-order valence-electron chi connectivity index (χ2n) is 4.86. The van der Waals surface area contributed by atoms with Crippen LogP contribution in [0.2, 0.25) is 5.02 Å². The van der Waals surface area contributed by atoms with Crippen LogP contribution in [0.5, 0.6) is 0 Å². The fourth-order valence-corrected chi connectivity index (χ4v) is 2.86. The fraction of sp³-hybridized carbons (Fsp3) is 0.538. The van der Waals surface area contributed by atoms with Gasteiger partial charge in [-0.15, -0.1) is 0 Å². The first kappa shape index (κ1) is 13.3. The molecule has 19 heavy (non-hydrogen) atoms. The number of ether oxygens (including phenoxy) is 2. The van der Waals surface area contributed by atoms with Crippen LogP contribution < -0.4 is 0 Å². The Hall–Kier alpha value is -0.690. The molecule has 0 radical (unpaired) electrons. The van der Waals surface area contributed by atoms with Gasteiger partial charge >= 0.3 is 0 Å². The molecule has 2 aliphatic rings. The van der Waals surface area contributed by atoms with Crippen molar-refractivity contribution in [3.63, 3.8) is 0 Å². The molecular weight excluding hydrogens is 272 g/mol. The van der Waals surface area contributed by atoms with Crippen LogP contribution in [-0.2, 0) is 15.9 Å².